The lowest BCUT2D eigenvalue weighted by atomic mass is 9.80. The maximum absolute atomic E-state index is 15.0. The van der Waals surface area contributed by atoms with E-state index in [0.717, 1.165) is 242 Å². The summed E-state index contributed by atoms with van der Waals surface area (Å²) in [5.74, 6) is 2.19. The van der Waals surface area contributed by atoms with Crippen LogP contribution < -0.4 is 30.9 Å². The molecule has 7 fully saturated rings. The van der Waals surface area contributed by atoms with Gasteiger partial charge in [-0.25, -0.2) is 58.6 Å². The first kappa shape index (κ1) is 105. The maximum Gasteiger partial charge on any atom is 0.270 e. The van der Waals surface area contributed by atoms with E-state index < -0.39 is 11.6 Å². The average molecular weight is 2010 g/mol. The van der Waals surface area contributed by atoms with Crippen LogP contribution in [0.5, 0.6) is 0 Å². The quantitative estimate of drug-likeness (QED) is 0.0711. The zero-order valence-electron chi connectivity index (χ0n) is 90.3. The fourth-order valence-corrected chi connectivity index (χ4v) is 23.0. The van der Waals surface area contributed by atoms with E-state index in [2.05, 4.69) is 207 Å². The highest BCUT2D eigenvalue weighted by molar-refractivity contribution is 6.01. The lowest BCUT2D eigenvalue weighted by Crippen LogP contribution is -2.53. The number of carbonyl (C=O) groups is 3. The number of nitrogens with one attached hydrogen (secondary N) is 2. The van der Waals surface area contributed by atoms with E-state index in [4.69, 9.17) is 29.9 Å². The lowest BCUT2D eigenvalue weighted by molar-refractivity contribution is 0.0590. The van der Waals surface area contributed by atoms with Crippen LogP contribution in [0.15, 0.2) is 127 Å². The van der Waals surface area contributed by atoms with Gasteiger partial charge in [0.25, 0.3) is 17.4 Å². The molecule has 13 aromatic rings. The second-order valence-corrected chi connectivity index (χ2v) is 46.1. The third-order valence-corrected chi connectivity index (χ3v) is 31.4. The molecule has 17 heterocycles. The molecule has 0 unspecified atom stereocenters. The minimum atomic E-state index is -0.638. The Labute approximate surface area is 868 Å². The molecule has 1 spiro atoms. The third-order valence-electron chi connectivity index (χ3n) is 31.4. The van der Waals surface area contributed by atoms with Gasteiger partial charge in [-0.2, -0.15) is 0 Å². The number of aromatic nitrogens is 17. The molecule has 4 saturated heterocycles. The Balaban J connectivity index is 0.000000129. The number of aryl methyl sites for hydroxylation is 2. The largest absolute Gasteiger partial charge is 0.368 e. The topological polar surface area (TPSA) is 309 Å². The SMILES string of the molecule is CC(=O)c1c(C)c2cnc(Cc3ccc(N4CCN(C(C)(C)C)CC4)cn3)nc2n(C2CCCC2)c1=O.CC(C)(C)N1CCN(c2ccc(Cc3ncc4cc5n(c4n3)C3(CCCCC3)CNC5=O)nc2)CC1.CN(C)C(=O)c1cc2cnc(Cc3ccc(N4CCN(C(C)(C)C)CC4)cn3)nc2n1C1CCCC1.Cc1nc2c(F)cc(-c3nc(Nc4ccc(CN5CCN(C(C)(C)C)CC5)cn4)ncc3F)cc2n1C(C)C. The Bertz CT molecular complexity index is 6960. The van der Waals surface area contributed by atoms with E-state index in [0.29, 0.717) is 77.3 Å². The molecular weight excluding hydrogens is 1860 g/mol. The smallest absolute Gasteiger partial charge is 0.270 e. The van der Waals surface area contributed by atoms with E-state index in [9.17, 15) is 28.0 Å². The molecule has 12 aromatic heterocycles. The van der Waals surface area contributed by atoms with Crippen molar-refractivity contribution in [1.82, 2.24) is 118 Å². The summed E-state index contributed by atoms with van der Waals surface area (Å²) in [4.78, 5) is 133. The van der Waals surface area contributed by atoms with Gasteiger partial charge in [-0.1, -0.05) is 51.0 Å². The van der Waals surface area contributed by atoms with Crippen LogP contribution in [0.2, 0.25) is 0 Å². The molecule has 148 heavy (non-hydrogen) atoms. The summed E-state index contributed by atoms with van der Waals surface area (Å²) in [5.41, 5.74) is 13.9. The molecule has 0 atom stereocenters. The van der Waals surface area contributed by atoms with Crippen LogP contribution in [0.25, 0.3) is 55.4 Å². The van der Waals surface area contributed by atoms with Crippen molar-refractivity contribution in [2.45, 2.75) is 273 Å². The third kappa shape index (κ3) is 23.5. The van der Waals surface area contributed by atoms with Gasteiger partial charge in [-0.05, 0) is 234 Å². The minimum Gasteiger partial charge on any atom is -0.368 e. The van der Waals surface area contributed by atoms with E-state index in [1.807, 2.05) is 99.8 Å². The van der Waals surface area contributed by atoms with Crippen molar-refractivity contribution >= 4 is 90.6 Å². The highest BCUT2D eigenvalue weighted by Crippen LogP contribution is 2.43. The number of benzene rings is 1. The number of imidazole rings is 1. The summed E-state index contributed by atoms with van der Waals surface area (Å²) in [6, 6.07) is 24.0. The molecule has 0 bridgehead atoms. The molecule has 1 aromatic carbocycles. The van der Waals surface area contributed by atoms with Crippen molar-refractivity contribution in [3.63, 3.8) is 0 Å². The van der Waals surface area contributed by atoms with E-state index >= 15 is 0 Å². The van der Waals surface area contributed by atoms with Crippen LogP contribution in [0.4, 0.5) is 37.6 Å². The van der Waals surface area contributed by atoms with Gasteiger partial charge in [0.05, 0.1) is 77.7 Å². The summed E-state index contributed by atoms with van der Waals surface area (Å²) in [7, 11) is 3.60. The van der Waals surface area contributed by atoms with Crippen molar-refractivity contribution < 1.29 is 23.2 Å². The van der Waals surface area contributed by atoms with Crippen molar-refractivity contribution in [3.05, 3.63) is 213 Å². The highest BCUT2D eigenvalue weighted by atomic mass is 19.1. The van der Waals surface area contributed by atoms with Crippen LogP contribution in [0.3, 0.4) is 0 Å². The van der Waals surface area contributed by atoms with Crippen molar-refractivity contribution in [1.29, 1.82) is 0 Å². The van der Waals surface area contributed by atoms with Crippen molar-refractivity contribution in [2.24, 2.45) is 0 Å². The number of hydrogen-bond donors (Lipinski definition) is 2. The van der Waals surface area contributed by atoms with E-state index in [-0.39, 0.29) is 85.7 Å². The molecule has 21 rings (SSSR count). The zero-order chi connectivity index (χ0) is 105. The molecule has 3 aliphatic carbocycles. The molecule has 2 N–H and O–H groups in total. The standard InChI is InChI=1S/C29H36F2N8.C29H38N6O2.C28H37N7O.C28H39N7O/c1-18(2)39-19(3)34-27-22(30)13-21(14-24(27)39)26-23(31)16-33-28(36-26)35-25-8-7-20(15-32-25)17-37-9-11-38(12-10-37)29(4,5)6;1-19-24-18-31-25(32-27(24)35(22-8-6-7-9-22)28(37)26(19)20(2)36)16-21-10-11-23(17-30-21)33-12-14-34(15-13-33)29(3,4)5;1-27(2,3)34-13-11-33(12-14-34)22-8-7-21(29-18-22)16-24-30-17-20-15-23-26(36)31-19-28(9-5-4-6-10-28)35(23)25(20)32-24;1-28(2,3)34-14-12-33(13-15-34)23-11-10-21(29-19-23)17-25-30-18-20-16-24(27(36)32(4)5)35(26(20)31-25)22-8-6-7-9-22/h7-8,13-16,18H,9-12,17H2,1-6H3,(H,32,33,35,36);10-11,17-18,22H,6-9,12-16H2,1-5H3;7-8,15,17-18H,4-6,9-14,16,19H2,1-3H3,(H,31,36);10-11,16,18-19,22H,6-9,12-15,17H2,1-5H3. The molecule has 5 aliphatic heterocycles. The van der Waals surface area contributed by atoms with Gasteiger partial charge in [0, 0.05) is 236 Å². The van der Waals surface area contributed by atoms with Gasteiger partial charge < -0.3 is 43.9 Å². The zero-order valence-corrected chi connectivity index (χ0v) is 90.3. The summed E-state index contributed by atoms with van der Waals surface area (Å²) in [6.07, 6.45) is 30.4. The van der Waals surface area contributed by atoms with Gasteiger partial charge in [0.15, 0.2) is 17.4 Å². The van der Waals surface area contributed by atoms with E-state index in [1.54, 1.807) is 35.8 Å². The Morgan fingerprint density at radius 3 is 1.44 bits per heavy atom. The van der Waals surface area contributed by atoms with Crippen LogP contribution in [-0.4, -0.2) is 278 Å². The molecule has 0 radical (unpaired) electrons. The number of halogens is 2. The normalized spacial score (nSPS) is 17.8. The number of piperazine rings is 4. The first-order valence-electron chi connectivity index (χ1n) is 53.6. The number of nitrogens with zero attached hydrogens (tertiary/aromatic N) is 26. The van der Waals surface area contributed by atoms with Crippen LogP contribution in [-0.2, 0) is 31.3 Å². The fraction of sp³-hybridized carbons (Fsp3) is 0.535. The Morgan fingerprint density at radius 1 is 0.493 bits per heavy atom. The Kier molecular flexibility index (Phi) is 31.2. The predicted octanol–water partition coefficient (Wildman–Crippen LogP) is 17.9. The molecule has 2 amide bonds. The number of pyridine rings is 5. The van der Waals surface area contributed by atoms with Crippen LogP contribution >= 0.6 is 0 Å². The number of fused-ring (bicyclic) bond motifs is 7. The van der Waals surface area contributed by atoms with Gasteiger partial charge in [0.2, 0.25) is 5.95 Å². The number of ketones is 1. The number of anilines is 5. The number of hydrogen-bond acceptors (Lipinski definition) is 26. The van der Waals surface area contributed by atoms with Gasteiger partial charge in [-0.3, -0.25) is 63.2 Å². The summed E-state index contributed by atoms with van der Waals surface area (Å²) in [6.45, 7) is 54.5. The second kappa shape index (κ2) is 43.9. The van der Waals surface area contributed by atoms with Gasteiger partial charge in [-0.15, -0.1) is 0 Å². The number of amides is 2. The summed E-state index contributed by atoms with van der Waals surface area (Å²) >= 11 is 0. The fourth-order valence-electron chi connectivity index (χ4n) is 23.0. The average Bonchev–Trinajstić information content (AvgIpc) is 1.49. The number of rotatable bonds is 19. The molecule has 3 saturated carbocycles. The first-order chi connectivity index (χ1) is 70.6. The monoisotopic (exact) mass is 2010 g/mol. The molecule has 34 heteroatoms. The lowest BCUT2D eigenvalue weighted by Gasteiger charge is -2.43. The molecule has 8 aliphatic rings. The van der Waals surface area contributed by atoms with Gasteiger partial charge in [0.1, 0.15) is 68.7 Å². The minimum absolute atomic E-state index is 0.00785. The Hall–Kier alpha value is -12.6. The van der Waals surface area contributed by atoms with Crippen molar-refractivity contribution in [3.8, 4) is 11.3 Å². The maximum atomic E-state index is 15.0. The number of Topliss-reactive ketones (excluding diaryl/α,β-unsaturated/α-hetero) is 1. The molecule has 784 valence electrons. The molecular formula is C114H150F2N28O4. The Morgan fingerprint density at radius 2 is 0.973 bits per heavy atom. The number of carbonyl (C=O) groups excluding carboxylic acids is 3. The van der Waals surface area contributed by atoms with E-state index in [1.165, 1.54) is 56.5 Å². The summed E-state index contributed by atoms with van der Waals surface area (Å²) in [5, 5.41) is 8.82. The van der Waals surface area contributed by atoms with Crippen LogP contribution in [0, 0.1) is 25.5 Å². The second-order valence-electron chi connectivity index (χ2n) is 46.1. The van der Waals surface area contributed by atoms with Crippen LogP contribution in [0.1, 0.15) is 288 Å². The predicted molar refractivity (Wildman–Crippen MR) is 582 cm³/mol. The highest BCUT2D eigenvalue weighted by Gasteiger charge is 2.43. The summed E-state index contributed by atoms with van der Waals surface area (Å²) < 4.78 is 37.9. The van der Waals surface area contributed by atoms with Crippen molar-refractivity contribution in [2.75, 3.05) is 145 Å². The molecule has 32 nitrogen and oxygen atoms in total. The van der Waals surface area contributed by atoms with Gasteiger partial charge >= 0.3 is 0 Å². The first-order valence-corrected chi connectivity index (χ1v) is 53.6.